The molecule has 0 spiro atoms. The fourth-order valence-electron chi connectivity index (χ4n) is 3.34. The fraction of sp³-hybridized carbons (Fsp3) is 0.529. The molecule has 1 aliphatic carbocycles. The molecule has 2 aliphatic rings. The lowest BCUT2D eigenvalue weighted by molar-refractivity contribution is -0.162. The summed E-state index contributed by atoms with van der Waals surface area (Å²) in [5, 5.41) is 3.02. The highest BCUT2D eigenvalue weighted by molar-refractivity contribution is 5.86. The summed E-state index contributed by atoms with van der Waals surface area (Å²) in [6.07, 6.45) is 3.43. The van der Waals surface area contributed by atoms with Gasteiger partial charge >= 0.3 is 0 Å². The molecule has 2 atom stereocenters. The van der Waals surface area contributed by atoms with Crippen LogP contribution in [-0.4, -0.2) is 42.5 Å². The van der Waals surface area contributed by atoms with Crippen molar-refractivity contribution < 1.29 is 18.7 Å². The van der Waals surface area contributed by atoms with Crippen LogP contribution in [0, 0.1) is 5.82 Å². The molecule has 5 nitrogen and oxygen atoms in total. The van der Waals surface area contributed by atoms with Gasteiger partial charge in [0.05, 0.1) is 6.04 Å². The minimum atomic E-state index is -0.774. The number of nitrogens with zero attached hydrogens (tertiary/aromatic N) is 1. The average molecular weight is 320 g/mol. The van der Waals surface area contributed by atoms with Crippen LogP contribution in [-0.2, 0) is 14.3 Å². The average Bonchev–Trinajstić information content (AvgIpc) is 3.04. The highest BCUT2D eigenvalue weighted by Crippen LogP contribution is 2.30. The Kier molecular flexibility index (Phi) is 4.61. The maximum absolute atomic E-state index is 13.2. The van der Waals surface area contributed by atoms with Crippen molar-refractivity contribution in [1.29, 1.82) is 0 Å². The zero-order valence-corrected chi connectivity index (χ0v) is 13.1. The van der Waals surface area contributed by atoms with Gasteiger partial charge in [-0.15, -0.1) is 0 Å². The zero-order valence-electron chi connectivity index (χ0n) is 13.1. The van der Waals surface area contributed by atoms with Crippen LogP contribution in [0.5, 0.6) is 0 Å². The molecule has 2 amide bonds. The predicted octanol–water partition coefficient (Wildman–Crippen LogP) is 1.78. The number of halogens is 1. The van der Waals surface area contributed by atoms with Gasteiger partial charge in [0, 0.05) is 13.1 Å². The second-order valence-corrected chi connectivity index (χ2v) is 6.22. The summed E-state index contributed by atoms with van der Waals surface area (Å²) in [7, 11) is 1.65. The molecular formula is C17H21FN2O3. The maximum Gasteiger partial charge on any atom is 0.251 e. The van der Waals surface area contributed by atoms with Crippen molar-refractivity contribution in [3.05, 3.63) is 35.6 Å². The minimum absolute atomic E-state index is 0.114. The molecular weight excluding hydrogens is 299 g/mol. The summed E-state index contributed by atoms with van der Waals surface area (Å²) < 4.78 is 18.7. The summed E-state index contributed by atoms with van der Waals surface area (Å²) in [5.41, 5.74) is 0.688. The molecule has 23 heavy (non-hydrogen) atoms. The molecule has 1 N–H and O–H groups in total. The van der Waals surface area contributed by atoms with E-state index >= 15 is 0 Å². The molecule has 1 aliphatic heterocycles. The van der Waals surface area contributed by atoms with Gasteiger partial charge in [-0.2, -0.15) is 0 Å². The number of likely N-dealkylation sites (N-methyl/N-ethyl adjacent to an activating group) is 1. The Labute approximate surface area is 134 Å². The molecule has 2 fully saturated rings. The Morgan fingerprint density at radius 3 is 2.57 bits per heavy atom. The van der Waals surface area contributed by atoms with Crippen LogP contribution >= 0.6 is 0 Å². The summed E-state index contributed by atoms with van der Waals surface area (Å²) in [5.74, 6) is -0.749. The van der Waals surface area contributed by atoms with Gasteiger partial charge in [-0.25, -0.2) is 4.39 Å². The van der Waals surface area contributed by atoms with E-state index in [0.29, 0.717) is 5.56 Å². The van der Waals surface area contributed by atoms with Gasteiger partial charge in [0.1, 0.15) is 12.4 Å². The number of morpholine rings is 1. The van der Waals surface area contributed by atoms with Crippen LogP contribution in [0.3, 0.4) is 0 Å². The summed E-state index contributed by atoms with van der Waals surface area (Å²) in [6.45, 7) is -0.114. The molecule has 1 aromatic carbocycles. The normalized spacial score (nSPS) is 25.7. The van der Waals surface area contributed by atoms with Crippen molar-refractivity contribution in [1.82, 2.24) is 10.2 Å². The van der Waals surface area contributed by atoms with E-state index in [1.807, 2.05) is 0 Å². The number of hydrogen-bond acceptors (Lipinski definition) is 3. The molecule has 0 unspecified atom stereocenters. The predicted molar refractivity (Wildman–Crippen MR) is 82.0 cm³/mol. The number of rotatable bonds is 3. The smallest absolute Gasteiger partial charge is 0.251 e. The molecule has 1 saturated carbocycles. The maximum atomic E-state index is 13.2. The first kappa shape index (κ1) is 15.9. The number of carbonyl (C=O) groups is 2. The van der Waals surface area contributed by atoms with Crippen molar-refractivity contribution in [3.63, 3.8) is 0 Å². The van der Waals surface area contributed by atoms with Crippen LogP contribution in [0.15, 0.2) is 24.3 Å². The van der Waals surface area contributed by atoms with E-state index in [9.17, 15) is 14.0 Å². The van der Waals surface area contributed by atoms with Crippen LogP contribution in [0.25, 0.3) is 0 Å². The van der Waals surface area contributed by atoms with Gasteiger partial charge in [-0.3, -0.25) is 9.59 Å². The lowest BCUT2D eigenvalue weighted by atomic mass is 9.97. The van der Waals surface area contributed by atoms with E-state index < -0.39 is 12.1 Å². The van der Waals surface area contributed by atoms with Gasteiger partial charge in [0.2, 0.25) is 5.91 Å². The standard InChI is InChI=1S/C17H21FN2O3/c1-20-14(21)10-23-16(17(22)19-13-4-2-3-5-13)15(20)11-6-8-12(18)9-7-11/h6-9,13,15-16H,2-5,10H2,1H3,(H,19,22)/t15-,16+/m0/s1. The molecule has 1 heterocycles. The first-order valence-corrected chi connectivity index (χ1v) is 7.99. The first-order chi connectivity index (χ1) is 11.1. The van der Waals surface area contributed by atoms with E-state index in [4.69, 9.17) is 4.74 Å². The van der Waals surface area contributed by atoms with Crippen molar-refractivity contribution in [2.24, 2.45) is 0 Å². The van der Waals surface area contributed by atoms with Crippen molar-refractivity contribution in [3.8, 4) is 0 Å². The zero-order chi connectivity index (χ0) is 16.4. The molecule has 6 heteroatoms. The van der Waals surface area contributed by atoms with E-state index in [1.165, 1.54) is 17.0 Å². The number of ether oxygens (including phenoxy) is 1. The van der Waals surface area contributed by atoms with Crippen molar-refractivity contribution >= 4 is 11.8 Å². The van der Waals surface area contributed by atoms with Gasteiger partial charge in [-0.05, 0) is 30.5 Å². The SMILES string of the molecule is CN1C(=O)CO[C@@H](C(=O)NC2CCCC2)[C@@H]1c1ccc(F)cc1. The fourth-order valence-corrected chi connectivity index (χ4v) is 3.34. The third-order valence-electron chi connectivity index (χ3n) is 4.66. The van der Waals surface area contributed by atoms with Gasteiger partial charge < -0.3 is 15.0 Å². The van der Waals surface area contributed by atoms with E-state index in [1.54, 1.807) is 19.2 Å². The second kappa shape index (κ2) is 6.66. The Bertz CT molecular complexity index is 584. The van der Waals surface area contributed by atoms with Crippen LogP contribution in [0.2, 0.25) is 0 Å². The highest BCUT2D eigenvalue weighted by Gasteiger charge is 2.40. The lowest BCUT2D eigenvalue weighted by Gasteiger charge is -2.38. The summed E-state index contributed by atoms with van der Waals surface area (Å²) in [6, 6.07) is 5.48. The van der Waals surface area contributed by atoms with Gasteiger partial charge in [-0.1, -0.05) is 25.0 Å². The van der Waals surface area contributed by atoms with E-state index in [0.717, 1.165) is 25.7 Å². The molecule has 0 radical (unpaired) electrons. The lowest BCUT2D eigenvalue weighted by Crippen LogP contribution is -2.54. The van der Waals surface area contributed by atoms with Gasteiger partial charge in [0.25, 0.3) is 5.91 Å². The largest absolute Gasteiger partial charge is 0.356 e. The van der Waals surface area contributed by atoms with Crippen LogP contribution in [0.1, 0.15) is 37.3 Å². The summed E-state index contributed by atoms with van der Waals surface area (Å²) >= 11 is 0. The Hall–Kier alpha value is -1.95. The molecule has 0 bridgehead atoms. The van der Waals surface area contributed by atoms with Crippen molar-refractivity contribution in [2.45, 2.75) is 43.9 Å². The Balaban J connectivity index is 1.81. The third-order valence-corrected chi connectivity index (χ3v) is 4.66. The van der Waals surface area contributed by atoms with Crippen LogP contribution < -0.4 is 5.32 Å². The van der Waals surface area contributed by atoms with E-state index in [2.05, 4.69) is 5.32 Å². The molecule has 124 valence electrons. The molecule has 3 rings (SSSR count). The number of hydrogen-bond donors (Lipinski definition) is 1. The monoisotopic (exact) mass is 320 g/mol. The molecule has 0 aromatic heterocycles. The Morgan fingerprint density at radius 1 is 1.26 bits per heavy atom. The van der Waals surface area contributed by atoms with E-state index in [-0.39, 0.29) is 30.3 Å². The quantitative estimate of drug-likeness (QED) is 0.923. The Morgan fingerprint density at radius 2 is 1.91 bits per heavy atom. The molecule has 1 saturated heterocycles. The third kappa shape index (κ3) is 3.37. The summed E-state index contributed by atoms with van der Waals surface area (Å²) in [4.78, 5) is 26.1. The second-order valence-electron chi connectivity index (χ2n) is 6.22. The first-order valence-electron chi connectivity index (χ1n) is 7.99. The van der Waals surface area contributed by atoms with Gasteiger partial charge in [0.15, 0.2) is 6.10 Å². The number of carbonyl (C=O) groups excluding carboxylic acids is 2. The highest BCUT2D eigenvalue weighted by atomic mass is 19.1. The number of amides is 2. The minimum Gasteiger partial charge on any atom is -0.356 e. The van der Waals surface area contributed by atoms with Crippen LogP contribution in [0.4, 0.5) is 4.39 Å². The molecule has 1 aromatic rings. The van der Waals surface area contributed by atoms with Crippen molar-refractivity contribution in [2.75, 3.05) is 13.7 Å². The topological polar surface area (TPSA) is 58.6 Å². The number of nitrogens with one attached hydrogen (secondary N) is 1. The number of benzene rings is 1.